The molecule has 0 spiro atoms. The molecule has 2 aromatic carbocycles. The summed E-state index contributed by atoms with van der Waals surface area (Å²) in [5.74, 6) is -0.552. The molecule has 7 nitrogen and oxygen atoms in total. The monoisotopic (exact) mass is 452 g/mol. The summed E-state index contributed by atoms with van der Waals surface area (Å²) in [4.78, 5) is 25.6. The van der Waals surface area contributed by atoms with Crippen molar-refractivity contribution in [3.05, 3.63) is 62.1 Å². The summed E-state index contributed by atoms with van der Waals surface area (Å²) in [5, 5.41) is 17.7. The molecule has 1 heterocycles. The number of nitrogens with zero attached hydrogens (tertiary/aromatic N) is 2. The van der Waals surface area contributed by atoms with Gasteiger partial charge in [0.05, 0.1) is 4.92 Å². The highest BCUT2D eigenvalue weighted by Gasteiger charge is 2.23. The minimum Gasteiger partial charge on any atom is -0.366 e. The van der Waals surface area contributed by atoms with Crippen molar-refractivity contribution in [3.8, 4) is 0 Å². The van der Waals surface area contributed by atoms with Crippen LogP contribution in [0.25, 0.3) is 0 Å². The van der Waals surface area contributed by atoms with E-state index in [4.69, 9.17) is 35.4 Å². The van der Waals surface area contributed by atoms with Gasteiger partial charge in [0.2, 0.25) is 0 Å². The fourth-order valence-corrected chi connectivity index (χ4v) is 3.91. The number of piperidine rings is 1. The predicted molar refractivity (Wildman–Crippen MR) is 119 cm³/mol. The van der Waals surface area contributed by atoms with E-state index >= 15 is 0 Å². The minimum absolute atomic E-state index is 0.0242. The van der Waals surface area contributed by atoms with Gasteiger partial charge in [-0.05, 0) is 61.8 Å². The van der Waals surface area contributed by atoms with Gasteiger partial charge in [-0.15, -0.1) is 0 Å². The fraction of sp³-hybridized carbons (Fsp3) is 0.263. The Morgan fingerprint density at radius 1 is 1.07 bits per heavy atom. The highest BCUT2D eigenvalue weighted by Crippen LogP contribution is 2.31. The average Bonchev–Trinajstić information content (AvgIpc) is 2.67. The van der Waals surface area contributed by atoms with Crippen LogP contribution in [0.15, 0.2) is 36.4 Å². The lowest BCUT2D eigenvalue weighted by molar-refractivity contribution is -0.384. The number of carbonyl (C=O) groups is 1. The normalized spacial score (nSPS) is 13.7. The van der Waals surface area contributed by atoms with Crippen LogP contribution in [0.5, 0.6) is 0 Å². The molecule has 1 saturated heterocycles. The van der Waals surface area contributed by atoms with Crippen LogP contribution < -0.4 is 15.5 Å². The molecular formula is C19H18Cl2N4O3S. The van der Waals surface area contributed by atoms with Gasteiger partial charge in [0.25, 0.3) is 11.6 Å². The summed E-state index contributed by atoms with van der Waals surface area (Å²) in [6, 6.07) is 9.22. The largest absolute Gasteiger partial charge is 0.366 e. The van der Waals surface area contributed by atoms with Crippen molar-refractivity contribution in [2.24, 2.45) is 0 Å². The maximum absolute atomic E-state index is 12.5. The zero-order chi connectivity index (χ0) is 21.0. The number of thiocarbonyl (C=S) groups is 1. The first-order valence-electron chi connectivity index (χ1n) is 8.95. The van der Waals surface area contributed by atoms with Crippen molar-refractivity contribution in [2.75, 3.05) is 23.3 Å². The minimum atomic E-state index is -0.552. The number of benzene rings is 2. The molecule has 0 radical (unpaired) electrons. The second-order valence-corrected chi connectivity index (χ2v) is 7.86. The van der Waals surface area contributed by atoms with Gasteiger partial charge in [-0.25, -0.2) is 0 Å². The van der Waals surface area contributed by atoms with Crippen LogP contribution in [0.3, 0.4) is 0 Å². The lowest BCUT2D eigenvalue weighted by Crippen LogP contribution is -2.34. The molecule has 0 aliphatic carbocycles. The Morgan fingerprint density at radius 3 is 2.34 bits per heavy atom. The standard InChI is InChI=1S/C19H18Cl2N4O3S/c20-13-9-14(21)11-15(10-13)22-19(29)23-18(26)12-4-5-16(17(8-12)25(27)28)24-6-2-1-3-7-24/h4-5,8-11H,1-3,6-7H2,(H2,22,23,26,29). The first-order valence-corrected chi connectivity index (χ1v) is 10.1. The van der Waals surface area contributed by atoms with E-state index in [2.05, 4.69) is 10.6 Å². The molecule has 3 rings (SSSR count). The molecule has 1 aliphatic rings. The van der Waals surface area contributed by atoms with E-state index in [1.807, 2.05) is 4.90 Å². The van der Waals surface area contributed by atoms with Gasteiger partial charge in [0.1, 0.15) is 5.69 Å². The van der Waals surface area contributed by atoms with Crippen molar-refractivity contribution in [1.82, 2.24) is 5.32 Å². The maximum Gasteiger partial charge on any atom is 0.293 e. The molecule has 0 aromatic heterocycles. The second-order valence-electron chi connectivity index (χ2n) is 6.57. The van der Waals surface area contributed by atoms with Crippen molar-refractivity contribution < 1.29 is 9.72 Å². The fourth-order valence-electron chi connectivity index (χ4n) is 3.18. The number of rotatable bonds is 4. The summed E-state index contributed by atoms with van der Waals surface area (Å²) in [6.45, 7) is 1.53. The van der Waals surface area contributed by atoms with E-state index in [1.165, 1.54) is 6.07 Å². The van der Waals surface area contributed by atoms with Gasteiger partial charge in [-0.1, -0.05) is 23.2 Å². The Balaban J connectivity index is 1.73. The number of halogens is 2. The molecule has 0 atom stereocenters. The molecular weight excluding hydrogens is 435 g/mol. The predicted octanol–water partition coefficient (Wildman–Crippen LogP) is 5.02. The molecule has 1 fully saturated rings. The molecule has 2 N–H and O–H groups in total. The zero-order valence-corrected chi connectivity index (χ0v) is 17.6. The number of hydrogen-bond donors (Lipinski definition) is 2. The number of nitrogens with one attached hydrogen (secondary N) is 2. The topological polar surface area (TPSA) is 87.5 Å². The molecule has 1 aliphatic heterocycles. The summed E-state index contributed by atoms with van der Waals surface area (Å²) < 4.78 is 0. The van der Waals surface area contributed by atoms with Gasteiger partial charge in [-0.2, -0.15) is 0 Å². The van der Waals surface area contributed by atoms with Crippen molar-refractivity contribution in [3.63, 3.8) is 0 Å². The Morgan fingerprint density at radius 2 is 1.72 bits per heavy atom. The number of amides is 1. The highest BCUT2D eigenvalue weighted by atomic mass is 35.5. The van der Waals surface area contributed by atoms with E-state index in [-0.39, 0.29) is 16.4 Å². The van der Waals surface area contributed by atoms with Crippen LogP contribution in [-0.2, 0) is 0 Å². The van der Waals surface area contributed by atoms with E-state index in [0.717, 1.165) is 32.4 Å². The SMILES string of the molecule is O=C(NC(=S)Nc1cc(Cl)cc(Cl)c1)c1ccc(N2CCCCC2)c([N+](=O)[O-])c1. The Labute approximate surface area is 183 Å². The lowest BCUT2D eigenvalue weighted by atomic mass is 10.1. The van der Waals surface area contributed by atoms with Crippen molar-refractivity contribution in [1.29, 1.82) is 0 Å². The third kappa shape index (κ3) is 5.56. The van der Waals surface area contributed by atoms with Crippen LogP contribution in [0, 0.1) is 10.1 Å². The van der Waals surface area contributed by atoms with E-state index < -0.39 is 10.8 Å². The first-order chi connectivity index (χ1) is 13.8. The van der Waals surface area contributed by atoms with E-state index in [1.54, 1.807) is 30.3 Å². The van der Waals surface area contributed by atoms with E-state index in [9.17, 15) is 14.9 Å². The van der Waals surface area contributed by atoms with Crippen molar-refractivity contribution >= 4 is 63.5 Å². The summed E-state index contributed by atoms with van der Waals surface area (Å²) >= 11 is 17.0. The Kier molecular flexibility index (Phi) is 6.89. The van der Waals surface area contributed by atoms with Gasteiger partial charge >= 0.3 is 0 Å². The number of hydrogen-bond acceptors (Lipinski definition) is 5. The quantitative estimate of drug-likeness (QED) is 0.384. The van der Waals surface area contributed by atoms with Crippen LogP contribution in [0.2, 0.25) is 10.0 Å². The second kappa shape index (κ2) is 9.39. The number of nitro groups is 1. The van der Waals surface area contributed by atoms with Gasteiger partial charge in [0.15, 0.2) is 5.11 Å². The molecule has 29 heavy (non-hydrogen) atoms. The van der Waals surface area contributed by atoms with Crippen LogP contribution in [0.4, 0.5) is 17.1 Å². The highest BCUT2D eigenvalue weighted by molar-refractivity contribution is 7.80. The van der Waals surface area contributed by atoms with Gasteiger partial charge in [-0.3, -0.25) is 20.2 Å². The summed E-state index contributed by atoms with van der Waals surface area (Å²) in [5.41, 5.74) is 1.09. The molecule has 152 valence electrons. The zero-order valence-electron chi connectivity index (χ0n) is 15.3. The molecule has 0 saturated carbocycles. The van der Waals surface area contributed by atoms with Crippen LogP contribution >= 0.6 is 35.4 Å². The van der Waals surface area contributed by atoms with Crippen LogP contribution in [0.1, 0.15) is 29.6 Å². The van der Waals surface area contributed by atoms with Crippen LogP contribution in [-0.4, -0.2) is 29.0 Å². The Bertz CT molecular complexity index is 944. The Hall–Kier alpha value is -2.42. The maximum atomic E-state index is 12.5. The third-order valence-corrected chi connectivity index (χ3v) is 5.12. The molecule has 0 unspecified atom stereocenters. The third-order valence-electron chi connectivity index (χ3n) is 4.48. The smallest absolute Gasteiger partial charge is 0.293 e. The molecule has 0 bridgehead atoms. The molecule has 10 heteroatoms. The molecule has 1 amide bonds. The van der Waals surface area contributed by atoms with Gasteiger partial charge < -0.3 is 10.2 Å². The number of carbonyl (C=O) groups excluding carboxylic acids is 1. The first kappa shape index (κ1) is 21.3. The number of anilines is 2. The number of nitro benzene ring substituents is 1. The van der Waals surface area contributed by atoms with Gasteiger partial charge in [0, 0.05) is 40.5 Å². The summed E-state index contributed by atoms with van der Waals surface area (Å²) in [7, 11) is 0. The summed E-state index contributed by atoms with van der Waals surface area (Å²) in [6.07, 6.45) is 3.10. The lowest BCUT2D eigenvalue weighted by Gasteiger charge is -2.28. The van der Waals surface area contributed by atoms with E-state index in [0.29, 0.717) is 21.4 Å². The van der Waals surface area contributed by atoms with Crippen molar-refractivity contribution in [2.45, 2.75) is 19.3 Å². The average molecular weight is 453 g/mol. The molecule has 2 aromatic rings.